The number of benzene rings is 2. The summed E-state index contributed by atoms with van der Waals surface area (Å²) in [6, 6.07) is 18.3. The molecule has 0 aliphatic carbocycles. The molecular weight excluding hydrogens is 264 g/mol. The van der Waals surface area contributed by atoms with E-state index < -0.39 is 0 Å². The van der Waals surface area contributed by atoms with E-state index in [2.05, 4.69) is 12.1 Å². The standard InChI is InChI=1S/C15H15ClOS/c16-12-13-5-4-6-14(11-13)17-9-10-18-15-7-2-1-3-8-15/h1-8,11H,9-10,12H2. The van der Waals surface area contributed by atoms with Gasteiger partial charge in [-0.1, -0.05) is 30.3 Å². The van der Waals surface area contributed by atoms with Crippen LogP contribution in [0, 0.1) is 0 Å². The molecule has 0 saturated carbocycles. The topological polar surface area (TPSA) is 9.23 Å². The second-order valence-electron chi connectivity index (χ2n) is 3.79. The molecule has 0 spiro atoms. The summed E-state index contributed by atoms with van der Waals surface area (Å²) < 4.78 is 5.69. The van der Waals surface area contributed by atoms with Crippen LogP contribution in [0.1, 0.15) is 5.56 Å². The highest BCUT2D eigenvalue weighted by atomic mass is 35.5. The first-order chi connectivity index (χ1) is 8.88. The Balaban J connectivity index is 1.75. The Kier molecular flexibility index (Phi) is 5.43. The first-order valence-electron chi connectivity index (χ1n) is 5.84. The van der Waals surface area contributed by atoms with Crippen molar-refractivity contribution in [3.05, 3.63) is 60.2 Å². The lowest BCUT2D eigenvalue weighted by atomic mass is 10.2. The number of alkyl halides is 1. The van der Waals surface area contributed by atoms with Crippen LogP contribution >= 0.6 is 23.4 Å². The summed E-state index contributed by atoms with van der Waals surface area (Å²) in [7, 11) is 0. The number of thioether (sulfide) groups is 1. The molecular formula is C15H15ClOS. The Hall–Kier alpha value is -1.12. The fourth-order valence-corrected chi connectivity index (χ4v) is 2.47. The van der Waals surface area contributed by atoms with Crippen molar-refractivity contribution in [1.29, 1.82) is 0 Å². The lowest BCUT2D eigenvalue weighted by Gasteiger charge is -2.07. The second-order valence-corrected chi connectivity index (χ2v) is 5.23. The molecule has 0 heterocycles. The molecule has 0 fully saturated rings. The quantitative estimate of drug-likeness (QED) is 0.434. The maximum Gasteiger partial charge on any atom is 0.119 e. The molecule has 0 saturated heterocycles. The van der Waals surface area contributed by atoms with Crippen LogP contribution < -0.4 is 4.74 Å². The molecule has 3 heteroatoms. The summed E-state index contributed by atoms with van der Waals surface area (Å²) in [5.74, 6) is 2.35. The van der Waals surface area contributed by atoms with Crippen molar-refractivity contribution in [2.24, 2.45) is 0 Å². The molecule has 2 aromatic rings. The molecule has 0 bridgehead atoms. The van der Waals surface area contributed by atoms with E-state index in [-0.39, 0.29) is 0 Å². The fourth-order valence-electron chi connectivity index (χ4n) is 1.55. The fraction of sp³-hybridized carbons (Fsp3) is 0.200. The van der Waals surface area contributed by atoms with Crippen LogP contribution in [-0.2, 0) is 5.88 Å². The number of rotatable bonds is 6. The molecule has 1 nitrogen and oxygen atoms in total. The Morgan fingerprint density at radius 2 is 1.83 bits per heavy atom. The van der Waals surface area contributed by atoms with E-state index in [0.717, 1.165) is 17.1 Å². The van der Waals surface area contributed by atoms with Crippen molar-refractivity contribution in [2.75, 3.05) is 12.4 Å². The second kappa shape index (κ2) is 7.34. The van der Waals surface area contributed by atoms with Crippen LogP contribution in [0.15, 0.2) is 59.5 Å². The SMILES string of the molecule is ClCc1cccc(OCCSc2ccccc2)c1. The summed E-state index contributed by atoms with van der Waals surface area (Å²) in [5, 5.41) is 0. The minimum atomic E-state index is 0.524. The van der Waals surface area contributed by atoms with Crippen molar-refractivity contribution in [1.82, 2.24) is 0 Å². The summed E-state index contributed by atoms with van der Waals surface area (Å²) in [6.45, 7) is 0.700. The Morgan fingerprint density at radius 3 is 2.61 bits per heavy atom. The van der Waals surface area contributed by atoms with Gasteiger partial charge in [0.1, 0.15) is 5.75 Å². The Bertz CT molecular complexity index is 473. The molecule has 0 unspecified atom stereocenters. The van der Waals surface area contributed by atoms with E-state index in [4.69, 9.17) is 16.3 Å². The molecule has 94 valence electrons. The van der Waals surface area contributed by atoms with Crippen LogP contribution in [0.3, 0.4) is 0 Å². The van der Waals surface area contributed by atoms with Gasteiger partial charge >= 0.3 is 0 Å². The summed E-state index contributed by atoms with van der Waals surface area (Å²) in [5.41, 5.74) is 1.09. The smallest absolute Gasteiger partial charge is 0.119 e. The normalized spacial score (nSPS) is 10.3. The largest absolute Gasteiger partial charge is 0.493 e. The van der Waals surface area contributed by atoms with Gasteiger partial charge in [0.15, 0.2) is 0 Å². The van der Waals surface area contributed by atoms with Crippen molar-refractivity contribution in [3.8, 4) is 5.75 Å². The third-order valence-corrected chi connectivity index (χ3v) is 3.70. The molecule has 0 atom stereocenters. The van der Waals surface area contributed by atoms with Gasteiger partial charge in [0, 0.05) is 16.5 Å². The highest BCUT2D eigenvalue weighted by molar-refractivity contribution is 7.99. The van der Waals surface area contributed by atoms with Crippen LogP contribution in [0.4, 0.5) is 0 Å². The van der Waals surface area contributed by atoms with Gasteiger partial charge in [-0.2, -0.15) is 0 Å². The predicted molar refractivity (Wildman–Crippen MR) is 78.7 cm³/mol. The van der Waals surface area contributed by atoms with Crippen molar-refractivity contribution >= 4 is 23.4 Å². The highest BCUT2D eigenvalue weighted by Gasteiger charge is 1.97. The first kappa shape index (κ1) is 13.3. The van der Waals surface area contributed by atoms with E-state index in [1.54, 1.807) is 11.8 Å². The summed E-state index contributed by atoms with van der Waals surface area (Å²) in [6.07, 6.45) is 0. The maximum atomic E-state index is 5.78. The van der Waals surface area contributed by atoms with Gasteiger partial charge in [-0.3, -0.25) is 0 Å². The van der Waals surface area contributed by atoms with Crippen molar-refractivity contribution < 1.29 is 4.74 Å². The van der Waals surface area contributed by atoms with Gasteiger partial charge in [0.2, 0.25) is 0 Å². The molecule has 0 radical (unpaired) electrons. The molecule has 0 aliphatic heterocycles. The highest BCUT2D eigenvalue weighted by Crippen LogP contribution is 2.18. The van der Waals surface area contributed by atoms with Gasteiger partial charge in [0.25, 0.3) is 0 Å². The minimum absolute atomic E-state index is 0.524. The van der Waals surface area contributed by atoms with Gasteiger partial charge in [-0.25, -0.2) is 0 Å². The molecule has 2 rings (SSSR count). The predicted octanol–water partition coefficient (Wildman–Crippen LogP) is 4.60. The van der Waals surface area contributed by atoms with Gasteiger partial charge in [0.05, 0.1) is 6.61 Å². The molecule has 18 heavy (non-hydrogen) atoms. The van der Waals surface area contributed by atoms with Crippen molar-refractivity contribution in [2.45, 2.75) is 10.8 Å². The average molecular weight is 279 g/mol. The molecule has 0 N–H and O–H groups in total. The third-order valence-electron chi connectivity index (χ3n) is 2.42. The molecule has 2 aromatic carbocycles. The third kappa shape index (κ3) is 4.28. The lowest BCUT2D eigenvalue weighted by molar-refractivity contribution is 0.343. The van der Waals surface area contributed by atoms with Crippen LogP contribution in [0.25, 0.3) is 0 Å². The van der Waals surface area contributed by atoms with Crippen LogP contribution in [0.5, 0.6) is 5.75 Å². The van der Waals surface area contributed by atoms with Gasteiger partial charge < -0.3 is 4.74 Å². The zero-order valence-electron chi connectivity index (χ0n) is 10.0. The van der Waals surface area contributed by atoms with Gasteiger partial charge in [-0.05, 0) is 29.8 Å². The summed E-state index contributed by atoms with van der Waals surface area (Å²) in [4.78, 5) is 1.27. The Morgan fingerprint density at radius 1 is 1.00 bits per heavy atom. The monoisotopic (exact) mass is 278 g/mol. The van der Waals surface area contributed by atoms with Crippen LogP contribution in [0.2, 0.25) is 0 Å². The van der Waals surface area contributed by atoms with E-state index in [1.807, 2.05) is 42.5 Å². The van der Waals surface area contributed by atoms with Crippen molar-refractivity contribution in [3.63, 3.8) is 0 Å². The number of hydrogen-bond acceptors (Lipinski definition) is 2. The lowest BCUT2D eigenvalue weighted by Crippen LogP contribution is -2.00. The van der Waals surface area contributed by atoms with Crippen LogP contribution in [-0.4, -0.2) is 12.4 Å². The average Bonchev–Trinajstić information content (AvgIpc) is 2.45. The maximum absolute atomic E-state index is 5.78. The van der Waals surface area contributed by atoms with E-state index in [1.165, 1.54) is 4.90 Å². The molecule has 0 amide bonds. The number of halogens is 1. The van der Waals surface area contributed by atoms with Gasteiger partial charge in [-0.15, -0.1) is 23.4 Å². The molecule has 0 aromatic heterocycles. The van der Waals surface area contributed by atoms with E-state index in [9.17, 15) is 0 Å². The zero-order chi connectivity index (χ0) is 12.6. The Labute approximate surface area is 117 Å². The first-order valence-corrected chi connectivity index (χ1v) is 7.36. The van der Waals surface area contributed by atoms with E-state index >= 15 is 0 Å². The minimum Gasteiger partial charge on any atom is -0.493 e. The van der Waals surface area contributed by atoms with E-state index in [0.29, 0.717) is 12.5 Å². The zero-order valence-corrected chi connectivity index (χ0v) is 11.6. The number of hydrogen-bond donors (Lipinski definition) is 0. The molecule has 0 aliphatic rings. The number of ether oxygens (including phenoxy) is 1. The summed E-state index contributed by atoms with van der Waals surface area (Å²) >= 11 is 7.58.